The lowest BCUT2D eigenvalue weighted by molar-refractivity contribution is -0.0562. The molecule has 2 heterocycles. The maximum absolute atomic E-state index is 6.10. The normalized spacial score (nSPS) is 30.9. The third-order valence-electron chi connectivity index (χ3n) is 3.98. The van der Waals surface area contributed by atoms with Crippen LogP contribution in [0.5, 0.6) is 0 Å². The average Bonchev–Trinajstić information content (AvgIpc) is 2.82. The van der Waals surface area contributed by atoms with Gasteiger partial charge < -0.3 is 10.5 Å². The number of nitrogen functional groups attached to an aromatic ring is 1. The quantitative estimate of drug-likeness (QED) is 0.843. The summed E-state index contributed by atoms with van der Waals surface area (Å²) in [5.74, 6) is 2.43. The molecule has 4 heteroatoms. The minimum absolute atomic E-state index is 0.166. The number of nitrogens with two attached hydrogens (primary N) is 1. The topological polar surface area (TPSA) is 35.2 Å². The van der Waals surface area contributed by atoms with Crippen molar-refractivity contribution in [3.8, 4) is 0 Å². The fourth-order valence-electron chi connectivity index (χ4n) is 2.87. The lowest BCUT2D eigenvalue weighted by Crippen LogP contribution is -2.40. The first-order valence-electron chi connectivity index (χ1n) is 6.91. The second-order valence-electron chi connectivity index (χ2n) is 5.61. The highest BCUT2D eigenvalue weighted by Gasteiger charge is 2.40. The van der Waals surface area contributed by atoms with E-state index in [1.807, 2.05) is 29.6 Å². The van der Waals surface area contributed by atoms with E-state index >= 15 is 0 Å². The van der Waals surface area contributed by atoms with E-state index in [0.717, 1.165) is 18.7 Å². The number of benzene rings is 1. The molecule has 2 atom stereocenters. The van der Waals surface area contributed by atoms with Gasteiger partial charge in [0, 0.05) is 28.2 Å². The van der Waals surface area contributed by atoms with E-state index in [0.29, 0.717) is 5.25 Å². The summed E-state index contributed by atoms with van der Waals surface area (Å²) in [4.78, 5) is 1.24. The Kier molecular flexibility index (Phi) is 4.01. The minimum atomic E-state index is 0.166. The fraction of sp³-hybridized carbons (Fsp3) is 0.600. The van der Waals surface area contributed by atoms with E-state index in [-0.39, 0.29) is 5.60 Å². The smallest absolute Gasteiger partial charge is 0.0791 e. The number of anilines is 1. The zero-order valence-electron chi connectivity index (χ0n) is 11.4. The summed E-state index contributed by atoms with van der Waals surface area (Å²) in [7, 11) is 0. The Labute approximate surface area is 123 Å². The number of hydrogen-bond acceptors (Lipinski definition) is 4. The molecule has 0 radical (unpaired) electrons. The first kappa shape index (κ1) is 13.7. The van der Waals surface area contributed by atoms with Gasteiger partial charge in [-0.3, -0.25) is 0 Å². The summed E-state index contributed by atoms with van der Waals surface area (Å²) in [6.45, 7) is 3.03. The van der Waals surface area contributed by atoms with Crippen LogP contribution in [0.2, 0.25) is 0 Å². The highest BCUT2D eigenvalue weighted by atomic mass is 32.2. The second-order valence-corrected chi connectivity index (χ2v) is 8.06. The summed E-state index contributed by atoms with van der Waals surface area (Å²) in [6, 6.07) is 6.32. The molecule has 0 aliphatic carbocycles. The van der Waals surface area contributed by atoms with Crippen LogP contribution in [0, 0.1) is 6.92 Å². The van der Waals surface area contributed by atoms with Crippen LogP contribution in [0.25, 0.3) is 0 Å². The van der Waals surface area contributed by atoms with Gasteiger partial charge in [-0.25, -0.2) is 0 Å². The first-order chi connectivity index (χ1) is 9.17. The van der Waals surface area contributed by atoms with E-state index in [1.165, 1.54) is 34.8 Å². The molecule has 0 saturated carbocycles. The van der Waals surface area contributed by atoms with Crippen LogP contribution < -0.4 is 5.73 Å². The van der Waals surface area contributed by atoms with Crippen molar-refractivity contribution in [2.24, 2.45) is 0 Å². The van der Waals surface area contributed by atoms with Gasteiger partial charge in [-0.2, -0.15) is 11.8 Å². The van der Waals surface area contributed by atoms with Crippen molar-refractivity contribution in [1.29, 1.82) is 0 Å². The Bertz CT molecular complexity index is 457. The largest absolute Gasteiger partial charge is 0.398 e. The van der Waals surface area contributed by atoms with E-state index in [1.54, 1.807) is 0 Å². The van der Waals surface area contributed by atoms with Crippen molar-refractivity contribution in [1.82, 2.24) is 0 Å². The number of ether oxygens (including phenoxy) is 1. The molecule has 1 spiro atoms. The Balaban J connectivity index is 1.70. The molecule has 3 rings (SSSR count). The Morgan fingerprint density at radius 1 is 1.47 bits per heavy atom. The number of thioether (sulfide) groups is 2. The van der Waals surface area contributed by atoms with Crippen molar-refractivity contribution in [3.63, 3.8) is 0 Å². The maximum Gasteiger partial charge on any atom is 0.0791 e. The van der Waals surface area contributed by atoms with Crippen molar-refractivity contribution in [3.05, 3.63) is 23.8 Å². The molecule has 2 unspecified atom stereocenters. The predicted molar refractivity (Wildman–Crippen MR) is 85.1 cm³/mol. The van der Waals surface area contributed by atoms with Gasteiger partial charge in [0.15, 0.2) is 0 Å². The molecule has 2 aliphatic rings. The third-order valence-corrected chi connectivity index (χ3v) is 6.54. The second kappa shape index (κ2) is 5.58. The molecule has 1 aromatic rings. The Morgan fingerprint density at radius 2 is 2.37 bits per heavy atom. The monoisotopic (exact) mass is 295 g/mol. The molecule has 2 nitrogen and oxygen atoms in total. The predicted octanol–water partition coefficient (Wildman–Crippen LogP) is 3.72. The first-order valence-corrected chi connectivity index (χ1v) is 8.95. The molecule has 104 valence electrons. The Hall–Kier alpha value is -0.320. The van der Waals surface area contributed by atoms with Crippen molar-refractivity contribution in [2.45, 2.75) is 41.9 Å². The number of aryl methyl sites for hydroxylation is 1. The molecule has 19 heavy (non-hydrogen) atoms. The molecular formula is C15H21NOS2. The van der Waals surface area contributed by atoms with Crippen LogP contribution in [0.4, 0.5) is 5.69 Å². The maximum atomic E-state index is 6.10. The van der Waals surface area contributed by atoms with Crippen LogP contribution in [-0.2, 0) is 4.74 Å². The molecule has 0 bridgehead atoms. The molecule has 1 aromatic carbocycles. The van der Waals surface area contributed by atoms with Gasteiger partial charge in [-0.1, -0.05) is 6.07 Å². The lowest BCUT2D eigenvalue weighted by Gasteiger charge is -2.37. The SMILES string of the molecule is Cc1ccc(N)c(SC2CCOC3(CCSC3)C2)c1. The zero-order valence-corrected chi connectivity index (χ0v) is 13.0. The number of hydrogen-bond donors (Lipinski definition) is 1. The Morgan fingerprint density at radius 3 is 3.16 bits per heavy atom. The number of rotatable bonds is 2. The van der Waals surface area contributed by atoms with Crippen LogP contribution in [0.15, 0.2) is 23.1 Å². The molecule has 2 saturated heterocycles. The van der Waals surface area contributed by atoms with Crippen LogP contribution in [-0.4, -0.2) is 29.0 Å². The van der Waals surface area contributed by atoms with Gasteiger partial charge in [0.1, 0.15) is 0 Å². The molecule has 2 N–H and O–H groups in total. The third kappa shape index (κ3) is 3.06. The summed E-state index contributed by atoms with van der Waals surface area (Å²) < 4.78 is 6.08. The van der Waals surface area contributed by atoms with Gasteiger partial charge in [0.2, 0.25) is 0 Å². The van der Waals surface area contributed by atoms with Crippen LogP contribution >= 0.6 is 23.5 Å². The summed E-state index contributed by atoms with van der Waals surface area (Å²) >= 11 is 3.99. The van der Waals surface area contributed by atoms with Crippen molar-refractivity contribution < 1.29 is 4.74 Å². The molecule has 2 fully saturated rings. The summed E-state index contributed by atoms with van der Waals surface area (Å²) in [6.07, 6.45) is 3.54. The van der Waals surface area contributed by atoms with Crippen molar-refractivity contribution in [2.75, 3.05) is 23.8 Å². The minimum Gasteiger partial charge on any atom is -0.398 e. The highest BCUT2D eigenvalue weighted by Crippen LogP contribution is 2.44. The molecule has 0 amide bonds. The van der Waals surface area contributed by atoms with Gasteiger partial charge in [-0.15, -0.1) is 11.8 Å². The van der Waals surface area contributed by atoms with E-state index in [9.17, 15) is 0 Å². The molecular weight excluding hydrogens is 274 g/mol. The van der Waals surface area contributed by atoms with Gasteiger partial charge in [-0.05, 0) is 49.6 Å². The summed E-state index contributed by atoms with van der Waals surface area (Å²) in [5.41, 5.74) is 8.46. The van der Waals surface area contributed by atoms with E-state index < -0.39 is 0 Å². The van der Waals surface area contributed by atoms with Gasteiger partial charge in [0.25, 0.3) is 0 Å². The van der Waals surface area contributed by atoms with Crippen molar-refractivity contribution >= 4 is 29.2 Å². The van der Waals surface area contributed by atoms with E-state index in [2.05, 4.69) is 19.1 Å². The fourth-order valence-corrected chi connectivity index (χ4v) is 5.67. The van der Waals surface area contributed by atoms with Gasteiger partial charge in [0.05, 0.1) is 5.60 Å². The highest BCUT2D eigenvalue weighted by molar-refractivity contribution is 8.00. The van der Waals surface area contributed by atoms with Gasteiger partial charge >= 0.3 is 0 Å². The molecule has 2 aliphatic heterocycles. The lowest BCUT2D eigenvalue weighted by atomic mass is 9.93. The van der Waals surface area contributed by atoms with E-state index in [4.69, 9.17) is 10.5 Å². The van der Waals surface area contributed by atoms with Crippen LogP contribution in [0.3, 0.4) is 0 Å². The standard InChI is InChI=1S/C15H21NOS2/c1-11-2-3-13(16)14(8-11)19-12-4-6-17-15(9-12)5-7-18-10-15/h2-3,8,12H,4-7,9-10,16H2,1H3. The summed E-state index contributed by atoms with van der Waals surface area (Å²) in [5, 5.41) is 0.650. The molecule has 0 aromatic heterocycles. The van der Waals surface area contributed by atoms with Crippen LogP contribution in [0.1, 0.15) is 24.8 Å². The zero-order chi connectivity index (χ0) is 13.3. The average molecular weight is 295 g/mol.